The second-order valence-corrected chi connectivity index (χ2v) is 5.46. The van der Waals surface area contributed by atoms with Gasteiger partial charge in [-0.05, 0) is 37.7 Å². The van der Waals surface area contributed by atoms with E-state index in [0.717, 1.165) is 4.68 Å². The van der Waals surface area contributed by atoms with Gasteiger partial charge in [0.05, 0.1) is 10.9 Å². The average molecular weight is 305 g/mol. The molecule has 1 aromatic carbocycles. The molecule has 110 valence electrons. The fourth-order valence-electron chi connectivity index (χ4n) is 2.34. The maximum Gasteiger partial charge on any atom is 0.281 e. The minimum absolute atomic E-state index is 0.158. The fourth-order valence-corrected chi connectivity index (χ4v) is 2.58. The van der Waals surface area contributed by atoms with Gasteiger partial charge in [0.25, 0.3) is 11.5 Å². The molecule has 2 unspecified atom stereocenters. The SMILES string of the molecule is CC1CC(C(=O)Nn2c(=S)[nH]c3ccccc3c2=O)NN1. The highest BCUT2D eigenvalue weighted by molar-refractivity contribution is 7.71. The maximum atomic E-state index is 12.4. The smallest absolute Gasteiger partial charge is 0.281 e. The summed E-state index contributed by atoms with van der Waals surface area (Å²) in [6.45, 7) is 1.97. The number of fused-ring (bicyclic) bond motifs is 1. The highest BCUT2D eigenvalue weighted by Gasteiger charge is 2.27. The van der Waals surface area contributed by atoms with Crippen LogP contribution in [-0.2, 0) is 4.79 Å². The first-order valence-corrected chi connectivity index (χ1v) is 7.03. The van der Waals surface area contributed by atoms with Crippen LogP contribution in [-0.4, -0.2) is 27.7 Å². The van der Waals surface area contributed by atoms with Gasteiger partial charge in [0.2, 0.25) is 0 Å². The molecule has 7 nitrogen and oxygen atoms in total. The average Bonchev–Trinajstić information content (AvgIpc) is 2.90. The molecule has 1 fully saturated rings. The highest BCUT2D eigenvalue weighted by Crippen LogP contribution is 2.06. The molecule has 2 atom stereocenters. The van der Waals surface area contributed by atoms with Crippen molar-refractivity contribution in [2.24, 2.45) is 0 Å². The summed E-state index contributed by atoms with van der Waals surface area (Å²) in [5.41, 5.74) is 8.70. The normalized spacial score (nSPS) is 21.6. The first-order chi connectivity index (χ1) is 10.1. The summed E-state index contributed by atoms with van der Waals surface area (Å²) in [5.74, 6) is -0.302. The Labute approximate surface area is 125 Å². The summed E-state index contributed by atoms with van der Waals surface area (Å²) >= 11 is 5.14. The number of hydrogen-bond donors (Lipinski definition) is 4. The predicted molar refractivity (Wildman–Crippen MR) is 81.9 cm³/mol. The molecule has 21 heavy (non-hydrogen) atoms. The van der Waals surface area contributed by atoms with Gasteiger partial charge in [-0.15, -0.1) is 0 Å². The Morgan fingerprint density at radius 3 is 2.86 bits per heavy atom. The molecule has 8 heteroatoms. The minimum Gasteiger partial charge on any atom is -0.330 e. The van der Waals surface area contributed by atoms with Crippen LogP contribution < -0.4 is 21.8 Å². The summed E-state index contributed by atoms with van der Waals surface area (Å²) in [5, 5.41) is 0.470. The molecular formula is C13H15N5O2S. The standard InChI is InChI=1S/C13H15N5O2S/c1-7-6-10(16-15-7)11(19)17-18-12(20)8-4-2-3-5-9(8)14-13(18)21/h2-5,7,10,15-16H,6H2,1H3,(H,14,21)(H,17,19). The Hall–Kier alpha value is -2.03. The first kappa shape index (κ1) is 13.9. The number of rotatable bonds is 2. The Kier molecular flexibility index (Phi) is 3.58. The van der Waals surface area contributed by atoms with Crippen LogP contribution in [0.25, 0.3) is 10.9 Å². The molecule has 0 bridgehead atoms. The van der Waals surface area contributed by atoms with Gasteiger partial charge in [0.1, 0.15) is 6.04 Å². The first-order valence-electron chi connectivity index (χ1n) is 6.62. The maximum absolute atomic E-state index is 12.4. The van der Waals surface area contributed by atoms with E-state index >= 15 is 0 Å². The van der Waals surface area contributed by atoms with Crippen LogP contribution in [0, 0.1) is 4.77 Å². The van der Waals surface area contributed by atoms with Crippen LogP contribution in [0.2, 0.25) is 0 Å². The largest absolute Gasteiger partial charge is 0.330 e. The molecule has 2 heterocycles. The van der Waals surface area contributed by atoms with Gasteiger partial charge in [-0.3, -0.25) is 20.4 Å². The van der Waals surface area contributed by atoms with E-state index in [2.05, 4.69) is 21.3 Å². The molecule has 1 aromatic heterocycles. The van der Waals surface area contributed by atoms with Gasteiger partial charge >= 0.3 is 0 Å². The predicted octanol–water partition coefficient (Wildman–Crippen LogP) is 0.384. The lowest BCUT2D eigenvalue weighted by Gasteiger charge is -2.13. The third-order valence-corrected chi connectivity index (χ3v) is 3.72. The number of nitrogens with one attached hydrogen (secondary N) is 4. The molecule has 4 N–H and O–H groups in total. The quantitative estimate of drug-likeness (QED) is 0.602. The second kappa shape index (κ2) is 5.40. The molecule has 0 radical (unpaired) electrons. The molecule has 1 aliphatic rings. The van der Waals surface area contributed by atoms with Crippen LogP contribution >= 0.6 is 12.2 Å². The number of hydrazine groups is 1. The van der Waals surface area contributed by atoms with E-state index in [9.17, 15) is 9.59 Å². The van der Waals surface area contributed by atoms with Gasteiger partial charge in [0.15, 0.2) is 4.77 Å². The van der Waals surface area contributed by atoms with Crippen molar-refractivity contribution in [1.82, 2.24) is 20.5 Å². The van der Waals surface area contributed by atoms with E-state index in [4.69, 9.17) is 12.2 Å². The van der Waals surface area contributed by atoms with Crippen molar-refractivity contribution in [2.45, 2.75) is 25.4 Å². The number of benzene rings is 1. The van der Waals surface area contributed by atoms with Crippen molar-refractivity contribution < 1.29 is 4.79 Å². The third kappa shape index (κ3) is 2.60. The Balaban J connectivity index is 1.96. The number of carbonyl (C=O) groups excluding carboxylic acids is 1. The Morgan fingerprint density at radius 2 is 2.14 bits per heavy atom. The zero-order valence-corrected chi connectivity index (χ0v) is 12.2. The van der Waals surface area contributed by atoms with E-state index in [1.54, 1.807) is 18.2 Å². The zero-order valence-electron chi connectivity index (χ0n) is 11.3. The molecular weight excluding hydrogens is 290 g/mol. The molecule has 1 saturated heterocycles. The van der Waals surface area contributed by atoms with Gasteiger partial charge in [-0.25, -0.2) is 5.43 Å². The van der Waals surface area contributed by atoms with Crippen LogP contribution in [0.1, 0.15) is 13.3 Å². The van der Waals surface area contributed by atoms with Crippen LogP contribution in [0.15, 0.2) is 29.1 Å². The van der Waals surface area contributed by atoms with Crippen LogP contribution in [0.5, 0.6) is 0 Å². The van der Waals surface area contributed by atoms with E-state index in [0.29, 0.717) is 17.3 Å². The lowest BCUT2D eigenvalue weighted by atomic mass is 10.1. The van der Waals surface area contributed by atoms with E-state index in [1.807, 2.05) is 13.0 Å². The number of aromatic amines is 1. The van der Waals surface area contributed by atoms with Crippen molar-refractivity contribution in [3.63, 3.8) is 0 Å². The number of aromatic nitrogens is 2. The van der Waals surface area contributed by atoms with Gasteiger partial charge < -0.3 is 4.98 Å². The number of nitrogens with zero attached hydrogens (tertiary/aromatic N) is 1. The van der Waals surface area contributed by atoms with Gasteiger partial charge in [-0.2, -0.15) is 4.68 Å². The van der Waals surface area contributed by atoms with E-state index in [-0.39, 0.29) is 22.3 Å². The lowest BCUT2D eigenvalue weighted by Crippen LogP contribution is -2.45. The van der Waals surface area contributed by atoms with Gasteiger partial charge in [-0.1, -0.05) is 12.1 Å². The summed E-state index contributed by atoms with van der Waals surface area (Å²) in [6.07, 6.45) is 0.643. The lowest BCUT2D eigenvalue weighted by molar-refractivity contribution is -0.118. The molecule has 1 aliphatic heterocycles. The monoisotopic (exact) mass is 305 g/mol. The zero-order chi connectivity index (χ0) is 15.0. The number of hydrogen-bond acceptors (Lipinski definition) is 5. The van der Waals surface area contributed by atoms with Crippen molar-refractivity contribution in [3.05, 3.63) is 39.4 Å². The number of para-hydroxylation sites is 1. The topological polar surface area (TPSA) is 91.0 Å². The second-order valence-electron chi connectivity index (χ2n) is 5.07. The van der Waals surface area contributed by atoms with Crippen molar-refractivity contribution in [3.8, 4) is 0 Å². The molecule has 2 aromatic rings. The third-order valence-electron chi connectivity index (χ3n) is 3.44. The molecule has 3 rings (SSSR count). The molecule has 1 amide bonds. The molecule has 0 saturated carbocycles. The Morgan fingerprint density at radius 1 is 1.38 bits per heavy atom. The summed E-state index contributed by atoms with van der Waals surface area (Å²) in [6, 6.07) is 6.82. The summed E-state index contributed by atoms with van der Waals surface area (Å²) in [4.78, 5) is 27.5. The number of H-pyrrole nitrogens is 1. The number of carbonyl (C=O) groups is 1. The summed E-state index contributed by atoms with van der Waals surface area (Å²) < 4.78 is 1.23. The summed E-state index contributed by atoms with van der Waals surface area (Å²) in [7, 11) is 0. The van der Waals surface area contributed by atoms with E-state index in [1.165, 1.54) is 0 Å². The number of amides is 1. The van der Waals surface area contributed by atoms with Gasteiger partial charge in [0, 0.05) is 6.04 Å². The minimum atomic E-state index is -0.396. The van der Waals surface area contributed by atoms with Crippen LogP contribution in [0.3, 0.4) is 0 Å². The van der Waals surface area contributed by atoms with Crippen molar-refractivity contribution in [2.75, 3.05) is 5.43 Å². The van der Waals surface area contributed by atoms with Crippen molar-refractivity contribution >= 4 is 29.0 Å². The molecule has 0 aliphatic carbocycles. The van der Waals surface area contributed by atoms with E-state index < -0.39 is 6.04 Å². The highest BCUT2D eigenvalue weighted by atomic mass is 32.1. The molecule has 0 spiro atoms. The van der Waals surface area contributed by atoms with Crippen LogP contribution in [0.4, 0.5) is 0 Å². The fraction of sp³-hybridized carbons (Fsp3) is 0.308. The Bertz CT molecular complexity index is 812. The van der Waals surface area contributed by atoms with Crippen molar-refractivity contribution in [1.29, 1.82) is 0 Å².